The van der Waals surface area contributed by atoms with Gasteiger partial charge >= 0.3 is 6.09 Å². The molecule has 1 aliphatic carbocycles. The molecular weight excluding hydrogens is 365 g/mol. The van der Waals surface area contributed by atoms with Crippen molar-refractivity contribution in [2.24, 2.45) is 5.92 Å². The second-order valence-electron chi connectivity index (χ2n) is 7.93. The number of carbonyl (C=O) groups is 1. The van der Waals surface area contributed by atoms with Gasteiger partial charge in [-0.3, -0.25) is 4.79 Å². The summed E-state index contributed by atoms with van der Waals surface area (Å²) in [7, 11) is 0. The van der Waals surface area contributed by atoms with Crippen LogP contribution >= 0.6 is 0 Å². The monoisotopic (exact) mass is 389 g/mol. The Morgan fingerprint density at radius 3 is 2.68 bits per heavy atom. The van der Waals surface area contributed by atoms with Crippen LogP contribution in [-0.4, -0.2) is 40.0 Å². The SMILES string of the molecule is Cc1c(N2CCC([C@H](C)NC(=O)O)C2)c(F)cc2c(O)cc(=O)n(C3CC3)c12. The van der Waals surface area contributed by atoms with Crippen molar-refractivity contribution in [3.63, 3.8) is 0 Å². The summed E-state index contributed by atoms with van der Waals surface area (Å²) in [6.45, 7) is 4.72. The van der Waals surface area contributed by atoms with Crippen molar-refractivity contribution in [1.82, 2.24) is 9.88 Å². The van der Waals surface area contributed by atoms with Crippen LogP contribution in [0.25, 0.3) is 10.9 Å². The molecule has 1 saturated carbocycles. The van der Waals surface area contributed by atoms with Gasteiger partial charge in [0.2, 0.25) is 0 Å². The second kappa shape index (κ2) is 6.68. The van der Waals surface area contributed by atoms with Gasteiger partial charge in [-0.2, -0.15) is 0 Å². The lowest BCUT2D eigenvalue weighted by atomic mass is 10.0. The Morgan fingerprint density at radius 2 is 2.04 bits per heavy atom. The predicted octanol–water partition coefficient (Wildman–Crippen LogP) is 2.97. The van der Waals surface area contributed by atoms with Gasteiger partial charge in [0.05, 0.1) is 11.2 Å². The molecule has 1 aromatic carbocycles. The van der Waals surface area contributed by atoms with Gasteiger partial charge in [-0.1, -0.05) is 0 Å². The highest BCUT2D eigenvalue weighted by molar-refractivity contribution is 5.92. The number of anilines is 1. The molecule has 8 heteroatoms. The summed E-state index contributed by atoms with van der Waals surface area (Å²) in [5, 5.41) is 22.0. The number of pyridine rings is 1. The zero-order valence-corrected chi connectivity index (χ0v) is 15.9. The van der Waals surface area contributed by atoms with Gasteiger partial charge in [0.1, 0.15) is 11.6 Å². The molecule has 0 radical (unpaired) electrons. The lowest BCUT2D eigenvalue weighted by Crippen LogP contribution is -2.38. The smallest absolute Gasteiger partial charge is 0.404 e. The molecule has 0 spiro atoms. The summed E-state index contributed by atoms with van der Waals surface area (Å²) in [5.74, 6) is -0.579. The maximum atomic E-state index is 15.0. The fourth-order valence-corrected chi connectivity index (χ4v) is 4.43. The third kappa shape index (κ3) is 3.06. The number of carboxylic acid groups (broad SMARTS) is 1. The Bertz CT molecular complexity index is 1010. The molecule has 1 unspecified atom stereocenters. The number of aromatic nitrogens is 1. The second-order valence-corrected chi connectivity index (χ2v) is 7.93. The number of benzene rings is 1. The molecule has 1 amide bonds. The molecule has 2 aliphatic rings. The minimum atomic E-state index is -1.07. The fraction of sp³-hybridized carbons (Fsp3) is 0.500. The van der Waals surface area contributed by atoms with Crippen LogP contribution in [0.2, 0.25) is 0 Å². The maximum absolute atomic E-state index is 15.0. The van der Waals surface area contributed by atoms with Crippen LogP contribution in [0.1, 0.15) is 37.8 Å². The molecule has 2 aromatic rings. The normalized spacial score (nSPS) is 20.5. The average Bonchev–Trinajstić information content (AvgIpc) is 3.32. The van der Waals surface area contributed by atoms with Gasteiger partial charge in [-0.05, 0) is 50.7 Å². The lowest BCUT2D eigenvalue weighted by Gasteiger charge is -2.25. The number of aromatic hydroxyl groups is 1. The van der Waals surface area contributed by atoms with Crippen LogP contribution < -0.4 is 15.8 Å². The molecule has 1 saturated heterocycles. The molecule has 1 aliphatic heterocycles. The van der Waals surface area contributed by atoms with Crippen LogP contribution in [0.5, 0.6) is 5.75 Å². The first-order valence-corrected chi connectivity index (χ1v) is 9.59. The average molecular weight is 389 g/mol. The molecule has 7 nitrogen and oxygen atoms in total. The van der Waals surface area contributed by atoms with Gasteiger partial charge in [-0.25, -0.2) is 9.18 Å². The Morgan fingerprint density at radius 1 is 1.32 bits per heavy atom. The van der Waals surface area contributed by atoms with Crippen molar-refractivity contribution in [2.45, 2.75) is 45.2 Å². The maximum Gasteiger partial charge on any atom is 0.404 e. The number of nitrogens with one attached hydrogen (secondary N) is 1. The Labute approximate surface area is 161 Å². The summed E-state index contributed by atoms with van der Waals surface area (Å²) < 4.78 is 16.7. The number of fused-ring (bicyclic) bond motifs is 1. The van der Waals surface area contributed by atoms with Crippen molar-refractivity contribution in [2.75, 3.05) is 18.0 Å². The number of hydrogen-bond donors (Lipinski definition) is 3. The predicted molar refractivity (Wildman–Crippen MR) is 104 cm³/mol. The summed E-state index contributed by atoms with van der Waals surface area (Å²) in [5.41, 5.74) is 1.38. The zero-order chi connectivity index (χ0) is 20.2. The number of nitrogens with zero attached hydrogens (tertiary/aromatic N) is 2. The number of halogens is 1. The van der Waals surface area contributed by atoms with Gasteiger partial charge in [0.15, 0.2) is 0 Å². The van der Waals surface area contributed by atoms with E-state index < -0.39 is 11.9 Å². The fourth-order valence-electron chi connectivity index (χ4n) is 4.43. The van der Waals surface area contributed by atoms with Crippen LogP contribution in [0.4, 0.5) is 14.9 Å². The molecule has 1 aromatic heterocycles. The van der Waals surface area contributed by atoms with Crippen LogP contribution in [0.15, 0.2) is 16.9 Å². The number of rotatable bonds is 4. The van der Waals surface area contributed by atoms with Gasteiger partial charge < -0.3 is 25.0 Å². The summed E-state index contributed by atoms with van der Waals surface area (Å²) in [6, 6.07) is 2.32. The van der Waals surface area contributed by atoms with Crippen LogP contribution in [0, 0.1) is 18.7 Å². The third-order valence-corrected chi connectivity index (χ3v) is 5.99. The molecule has 2 atom stereocenters. The molecule has 0 bridgehead atoms. The summed E-state index contributed by atoms with van der Waals surface area (Å²) in [4.78, 5) is 25.3. The molecular formula is C20H24FN3O4. The quantitative estimate of drug-likeness (QED) is 0.747. The topological polar surface area (TPSA) is 94.8 Å². The van der Waals surface area contributed by atoms with E-state index in [1.807, 2.05) is 11.8 Å². The molecule has 28 heavy (non-hydrogen) atoms. The minimum absolute atomic E-state index is 0.0698. The highest BCUT2D eigenvalue weighted by Gasteiger charge is 2.33. The highest BCUT2D eigenvalue weighted by Crippen LogP contribution is 2.41. The van der Waals surface area contributed by atoms with Crippen molar-refractivity contribution >= 4 is 22.7 Å². The molecule has 150 valence electrons. The van der Waals surface area contributed by atoms with E-state index in [2.05, 4.69) is 5.32 Å². The first-order chi connectivity index (χ1) is 13.3. The van der Waals surface area contributed by atoms with E-state index in [0.717, 1.165) is 25.3 Å². The van der Waals surface area contributed by atoms with Crippen molar-refractivity contribution < 1.29 is 19.4 Å². The Kier molecular flexibility index (Phi) is 4.44. The summed E-state index contributed by atoms with van der Waals surface area (Å²) >= 11 is 0. The van der Waals surface area contributed by atoms with Gasteiger partial charge in [0.25, 0.3) is 5.56 Å². The molecule has 4 rings (SSSR count). The zero-order valence-electron chi connectivity index (χ0n) is 15.9. The molecule has 3 N–H and O–H groups in total. The highest BCUT2D eigenvalue weighted by atomic mass is 19.1. The van der Waals surface area contributed by atoms with E-state index in [1.165, 1.54) is 6.07 Å². The number of aryl methyl sites for hydroxylation is 1. The Balaban J connectivity index is 1.77. The minimum Gasteiger partial charge on any atom is -0.507 e. The van der Waals surface area contributed by atoms with E-state index in [-0.39, 0.29) is 29.3 Å². The number of hydrogen-bond acceptors (Lipinski definition) is 4. The van der Waals surface area contributed by atoms with Crippen molar-refractivity contribution in [3.05, 3.63) is 33.9 Å². The van der Waals surface area contributed by atoms with E-state index in [0.29, 0.717) is 35.2 Å². The van der Waals surface area contributed by atoms with Gasteiger partial charge in [-0.15, -0.1) is 0 Å². The van der Waals surface area contributed by atoms with E-state index in [9.17, 15) is 14.7 Å². The van der Waals surface area contributed by atoms with Crippen molar-refractivity contribution in [1.29, 1.82) is 0 Å². The van der Waals surface area contributed by atoms with Gasteiger partial charge in [0, 0.05) is 36.6 Å². The van der Waals surface area contributed by atoms with Crippen molar-refractivity contribution in [3.8, 4) is 5.75 Å². The first kappa shape index (κ1) is 18.6. The van der Waals surface area contributed by atoms with E-state index in [1.54, 1.807) is 11.5 Å². The van der Waals surface area contributed by atoms with E-state index >= 15 is 4.39 Å². The van der Waals surface area contributed by atoms with Crippen LogP contribution in [-0.2, 0) is 0 Å². The standard InChI is InChI=1S/C20H24FN3O4/c1-10-18-14(16(25)8-17(26)24(18)13-3-4-13)7-15(21)19(10)23-6-5-12(9-23)11(2)22-20(27)28/h7-8,11-13,22,25H,3-6,9H2,1-2H3,(H,27,28)/t11-,12?/m0/s1. The molecule has 2 fully saturated rings. The third-order valence-electron chi connectivity index (χ3n) is 5.99. The van der Waals surface area contributed by atoms with Crippen LogP contribution in [0.3, 0.4) is 0 Å². The summed E-state index contributed by atoms with van der Waals surface area (Å²) in [6.07, 6.45) is 1.47. The molecule has 2 heterocycles. The first-order valence-electron chi connectivity index (χ1n) is 9.59. The largest absolute Gasteiger partial charge is 0.507 e. The lowest BCUT2D eigenvalue weighted by molar-refractivity contribution is 0.186. The van der Waals surface area contributed by atoms with E-state index in [4.69, 9.17) is 5.11 Å². The Hall–Kier alpha value is -2.77. The number of amides is 1.